The molecule has 2 amide bonds. The molecule has 3 heterocycles. The van der Waals surface area contributed by atoms with Crippen molar-refractivity contribution in [3.63, 3.8) is 0 Å². The molecule has 0 aromatic carbocycles. The summed E-state index contributed by atoms with van der Waals surface area (Å²) in [5.41, 5.74) is 2.83. The normalized spacial score (nSPS) is 18.4. The molecule has 2 atom stereocenters. The number of anilines is 2. The number of piperazine rings is 1. The SMILES string of the molecule is C=CC(=O)N1CC(C)N(C(=NC)c2cc(Cl)c(Cl)nc2N(C=O)c2c(C)ccnc2C(C)C)[C@@H](C)C1. The van der Waals surface area contributed by atoms with Crippen LogP contribution in [0.5, 0.6) is 0 Å². The molecule has 8 nitrogen and oxygen atoms in total. The number of amidine groups is 1. The molecule has 2 aromatic heterocycles. The molecule has 0 N–H and O–H groups in total. The van der Waals surface area contributed by atoms with Crippen LogP contribution in [0.2, 0.25) is 10.2 Å². The third kappa shape index (κ3) is 5.25. The standard InChI is InChI=1S/C26H32Cl2N6O2/c1-8-21(36)32-12-17(5)34(18(6)13-32)25(29-7)19-11-20(27)24(28)31-26(19)33(14-35)23-16(4)9-10-30-22(23)15(2)3/h8-11,14-15,17-18H,1,12-13H2,2-7H3/t17-,18?/m0/s1. The fourth-order valence-corrected chi connectivity index (χ4v) is 5.03. The summed E-state index contributed by atoms with van der Waals surface area (Å²) in [7, 11) is 1.68. The number of halogens is 2. The highest BCUT2D eigenvalue weighted by Gasteiger charge is 2.35. The van der Waals surface area contributed by atoms with Crippen molar-refractivity contribution in [1.29, 1.82) is 0 Å². The van der Waals surface area contributed by atoms with E-state index in [2.05, 4.69) is 26.4 Å². The zero-order valence-electron chi connectivity index (χ0n) is 21.5. The molecule has 1 unspecified atom stereocenters. The maximum absolute atomic E-state index is 12.6. The van der Waals surface area contributed by atoms with Gasteiger partial charge in [-0.1, -0.05) is 43.6 Å². The van der Waals surface area contributed by atoms with E-state index in [0.717, 1.165) is 11.3 Å². The van der Waals surface area contributed by atoms with Crippen molar-refractivity contribution in [2.24, 2.45) is 4.99 Å². The summed E-state index contributed by atoms with van der Waals surface area (Å²) >= 11 is 12.8. The van der Waals surface area contributed by atoms with Crippen LogP contribution in [-0.4, -0.2) is 70.1 Å². The minimum atomic E-state index is -0.111. The molecule has 0 aliphatic carbocycles. The van der Waals surface area contributed by atoms with Crippen LogP contribution < -0.4 is 4.90 Å². The second kappa shape index (κ2) is 11.4. The topological polar surface area (TPSA) is 82.0 Å². The molecule has 1 saturated heterocycles. The van der Waals surface area contributed by atoms with Crippen LogP contribution in [0.4, 0.5) is 11.5 Å². The Labute approximate surface area is 222 Å². The molecule has 0 spiro atoms. The van der Waals surface area contributed by atoms with Crippen LogP contribution in [0.15, 0.2) is 36.0 Å². The van der Waals surface area contributed by atoms with E-state index >= 15 is 0 Å². The maximum atomic E-state index is 12.6. The first-order valence-corrected chi connectivity index (χ1v) is 12.5. The number of hydrogen-bond donors (Lipinski definition) is 0. The first-order valence-electron chi connectivity index (χ1n) is 11.8. The number of aromatic nitrogens is 2. The zero-order chi connectivity index (χ0) is 26.7. The van der Waals surface area contributed by atoms with Gasteiger partial charge in [0.05, 0.1) is 22.0 Å². The summed E-state index contributed by atoms with van der Waals surface area (Å²) in [5, 5.41) is 0.322. The summed E-state index contributed by atoms with van der Waals surface area (Å²) < 4.78 is 0. The van der Waals surface area contributed by atoms with Crippen molar-refractivity contribution in [2.75, 3.05) is 25.0 Å². The van der Waals surface area contributed by atoms with Crippen LogP contribution in [0.25, 0.3) is 0 Å². The Morgan fingerprint density at radius 1 is 1.28 bits per heavy atom. The minimum Gasteiger partial charge on any atom is -0.347 e. The Morgan fingerprint density at radius 3 is 2.44 bits per heavy atom. The van der Waals surface area contributed by atoms with E-state index in [1.165, 1.54) is 11.0 Å². The van der Waals surface area contributed by atoms with Gasteiger partial charge in [0.25, 0.3) is 0 Å². The van der Waals surface area contributed by atoms with E-state index in [1.807, 2.05) is 40.7 Å². The van der Waals surface area contributed by atoms with Gasteiger partial charge >= 0.3 is 0 Å². The molecule has 1 aliphatic heterocycles. The Morgan fingerprint density at radius 2 is 1.92 bits per heavy atom. The van der Waals surface area contributed by atoms with Crippen LogP contribution >= 0.6 is 23.2 Å². The summed E-state index contributed by atoms with van der Waals surface area (Å²) in [6.07, 6.45) is 3.77. The van der Waals surface area contributed by atoms with Gasteiger partial charge in [0.2, 0.25) is 12.3 Å². The van der Waals surface area contributed by atoms with Crippen molar-refractivity contribution in [3.8, 4) is 0 Å². The average Bonchev–Trinajstić information content (AvgIpc) is 2.84. The highest BCUT2D eigenvalue weighted by atomic mass is 35.5. The lowest BCUT2D eigenvalue weighted by Gasteiger charge is -2.46. The molecule has 0 bridgehead atoms. The van der Waals surface area contributed by atoms with Crippen LogP contribution in [0.3, 0.4) is 0 Å². The van der Waals surface area contributed by atoms with E-state index in [-0.39, 0.29) is 34.1 Å². The van der Waals surface area contributed by atoms with Gasteiger partial charge < -0.3 is 9.80 Å². The smallest absolute Gasteiger partial charge is 0.246 e. The number of pyridine rings is 2. The Hall–Kier alpha value is -2.97. The molecule has 2 aromatic rings. The van der Waals surface area contributed by atoms with Gasteiger partial charge in [-0.15, -0.1) is 0 Å². The van der Waals surface area contributed by atoms with Crippen LogP contribution in [0.1, 0.15) is 50.4 Å². The molecule has 0 saturated carbocycles. The van der Waals surface area contributed by atoms with Crippen molar-refractivity contribution >= 4 is 52.9 Å². The first kappa shape index (κ1) is 27.6. The predicted octanol–water partition coefficient (Wildman–Crippen LogP) is 4.99. The Kier molecular flexibility index (Phi) is 8.74. The molecule has 1 fully saturated rings. The van der Waals surface area contributed by atoms with E-state index in [0.29, 0.717) is 42.4 Å². The fraction of sp³-hybridized carbons (Fsp3) is 0.423. The number of rotatable bonds is 6. The molecule has 3 rings (SSSR count). The number of amides is 2. The molecule has 36 heavy (non-hydrogen) atoms. The summed E-state index contributed by atoms with van der Waals surface area (Å²) in [5.74, 6) is 0.854. The Bertz CT molecular complexity index is 1190. The number of aryl methyl sites for hydroxylation is 1. The molecule has 192 valence electrons. The van der Waals surface area contributed by atoms with Gasteiger partial charge in [-0.2, -0.15) is 0 Å². The second-order valence-corrected chi connectivity index (χ2v) is 9.99. The second-order valence-electron chi connectivity index (χ2n) is 9.22. The lowest BCUT2D eigenvalue weighted by molar-refractivity contribution is -0.129. The molecular weight excluding hydrogens is 499 g/mol. The van der Waals surface area contributed by atoms with Crippen molar-refractivity contribution in [3.05, 3.63) is 58.0 Å². The van der Waals surface area contributed by atoms with Crippen molar-refractivity contribution in [1.82, 2.24) is 19.8 Å². The van der Waals surface area contributed by atoms with E-state index in [9.17, 15) is 9.59 Å². The van der Waals surface area contributed by atoms with Gasteiger partial charge in [0, 0.05) is 38.4 Å². The molecule has 1 aliphatic rings. The molecular formula is C26H32Cl2N6O2. The number of carbonyl (C=O) groups is 2. The number of aliphatic imine (C=N–C) groups is 1. The van der Waals surface area contributed by atoms with Crippen LogP contribution in [0, 0.1) is 6.92 Å². The molecule has 0 radical (unpaired) electrons. The van der Waals surface area contributed by atoms with E-state index in [1.54, 1.807) is 24.2 Å². The van der Waals surface area contributed by atoms with Gasteiger partial charge in [0.15, 0.2) is 5.82 Å². The zero-order valence-corrected chi connectivity index (χ0v) is 23.0. The van der Waals surface area contributed by atoms with E-state index in [4.69, 9.17) is 23.2 Å². The molecule has 10 heteroatoms. The van der Waals surface area contributed by atoms with Gasteiger partial charge in [-0.3, -0.25) is 24.5 Å². The fourth-order valence-electron chi connectivity index (χ4n) is 4.75. The third-order valence-corrected chi connectivity index (χ3v) is 6.96. The lowest BCUT2D eigenvalue weighted by atomic mass is 10.0. The first-order chi connectivity index (χ1) is 17.0. The number of nitrogens with zero attached hydrogens (tertiary/aromatic N) is 6. The number of carbonyl (C=O) groups excluding carboxylic acids is 2. The van der Waals surface area contributed by atoms with Gasteiger partial charge in [0.1, 0.15) is 11.0 Å². The lowest BCUT2D eigenvalue weighted by Crippen LogP contribution is -2.59. The monoisotopic (exact) mass is 530 g/mol. The summed E-state index contributed by atoms with van der Waals surface area (Å²) in [6.45, 7) is 14.6. The minimum absolute atomic E-state index is 0.0587. The van der Waals surface area contributed by atoms with E-state index < -0.39 is 0 Å². The van der Waals surface area contributed by atoms with Gasteiger partial charge in [-0.25, -0.2) is 4.98 Å². The quantitative estimate of drug-likeness (QED) is 0.172. The highest BCUT2D eigenvalue weighted by molar-refractivity contribution is 6.41. The van der Waals surface area contributed by atoms with Gasteiger partial charge in [-0.05, 0) is 50.5 Å². The predicted molar refractivity (Wildman–Crippen MR) is 146 cm³/mol. The Balaban J connectivity index is 2.19. The van der Waals surface area contributed by atoms with Crippen molar-refractivity contribution < 1.29 is 9.59 Å². The highest BCUT2D eigenvalue weighted by Crippen LogP contribution is 2.37. The maximum Gasteiger partial charge on any atom is 0.246 e. The average molecular weight is 531 g/mol. The third-order valence-electron chi connectivity index (χ3n) is 6.29. The summed E-state index contributed by atoms with van der Waals surface area (Å²) in [6, 6.07) is 3.39. The number of hydrogen-bond acceptors (Lipinski definition) is 5. The summed E-state index contributed by atoms with van der Waals surface area (Å²) in [4.78, 5) is 44.0. The van der Waals surface area contributed by atoms with Crippen molar-refractivity contribution in [2.45, 2.75) is 52.6 Å². The largest absolute Gasteiger partial charge is 0.347 e. The van der Waals surface area contributed by atoms with Crippen LogP contribution in [-0.2, 0) is 9.59 Å².